The Hall–Kier alpha value is -0.610. The van der Waals surface area contributed by atoms with E-state index in [-0.39, 0.29) is 5.60 Å². The lowest BCUT2D eigenvalue weighted by Gasteiger charge is -2.19. The molecule has 0 amide bonds. The highest BCUT2D eigenvalue weighted by Crippen LogP contribution is 2.22. The summed E-state index contributed by atoms with van der Waals surface area (Å²) in [6.07, 6.45) is 1.78. The van der Waals surface area contributed by atoms with Crippen molar-refractivity contribution in [1.29, 1.82) is 0 Å². The summed E-state index contributed by atoms with van der Waals surface area (Å²) in [7, 11) is 0. The first-order valence-corrected chi connectivity index (χ1v) is 6.07. The van der Waals surface area contributed by atoms with E-state index in [4.69, 9.17) is 9.47 Å². The average molecular weight is 288 g/mol. The minimum atomic E-state index is -0.124. The van der Waals surface area contributed by atoms with Gasteiger partial charge in [0, 0.05) is 6.20 Å². The molecule has 0 spiro atoms. The lowest BCUT2D eigenvalue weighted by molar-refractivity contribution is -0.0169. The molecule has 4 heteroatoms. The van der Waals surface area contributed by atoms with Crippen molar-refractivity contribution in [2.45, 2.75) is 33.3 Å². The summed E-state index contributed by atoms with van der Waals surface area (Å²) in [6.45, 7) is 9.12. The molecule has 0 radical (unpaired) electrons. The molecule has 90 valence electrons. The number of ether oxygens (including phenoxy) is 2. The van der Waals surface area contributed by atoms with Crippen LogP contribution in [0.3, 0.4) is 0 Å². The molecule has 1 rings (SSSR count). The lowest BCUT2D eigenvalue weighted by Crippen LogP contribution is -2.22. The Kier molecular flexibility index (Phi) is 4.74. The molecular weight excluding hydrogens is 270 g/mol. The van der Waals surface area contributed by atoms with Crippen molar-refractivity contribution in [3.05, 3.63) is 22.3 Å². The van der Waals surface area contributed by atoms with Crippen molar-refractivity contribution in [2.24, 2.45) is 0 Å². The molecule has 0 bridgehead atoms. The zero-order valence-corrected chi connectivity index (χ0v) is 11.8. The number of aryl methyl sites for hydroxylation is 1. The van der Waals surface area contributed by atoms with E-state index in [9.17, 15) is 0 Å². The standard InChI is InChI=1S/C12H18BrNO2/c1-9-7-10(13)11(14-8-9)15-5-6-16-12(2,3)4/h7-8H,5-6H2,1-4H3. The summed E-state index contributed by atoms with van der Waals surface area (Å²) in [5.41, 5.74) is 0.978. The van der Waals surface area contributed by atoms with Gasteiger partial charge in [0.2, 0.25) is 5.88 Å². The summed E-state index contributed by atoms with van der Waals surface area (Å²) in [6, 6.07) is 1.98. The van der Waals surface area contributed by atoms with Crippen molar-refractivity contribution < 1.29 is 9.47 Å². The number of aromatic nitrogens is 1. The van der Waals surface area contributed by atoms with Gasteiger partial charge in [-0.25, -0.2) is 4.98 Å². The summed E-state index contributed by atoms with van der Waals surface area (Å²) < 4.78 is 11.9. The SMILES string of the molecule is Cc1cnc(OCCOC(C)(C)C)c(Br)c1. The predicted octanol–water partition coefficient (Wildman–Crippen LogP) is 3.35. The quantitative estimate of drug-likeness (QED) is 0.796. The summed E-state index contributed by atoms with van der Waals surface area (Å²) in [5.74, 6) is 0.614. The number of nitrogens with zero attached hydrogens (tertiary/aromatic N) is 1. The molecule has 0 N–H and O–H groups in total. The van der Waals surface area contributed by atoms with E-state index in [0.29, 0.717) is 19.1 Å². The Labute approximate surface area is 105 Å². The molecule has 0 saturated heterocycles. The van der Waals surface area contributed by atoms with E-state index in [1.165, 1.54) is 0 Å². The van der Waals surface area contributed by atoms with Crippen molar-refractivity contribution >= 4 is 15.9 Å². The minimum Gasteiger partial charge on any atom is -0.474 e. The average Bonchev–Trinajstić information content (AvgIpc) is 2.13. The smallest absolute Gasteiger partial charge is 0.228 e. The molecule has 0 aliphatic heterocycles. The molecule has 0 saturated carbocycles. The van der Waals surface area contributed by atoms with Gasteiger partial charge in [-0.3, -0.25) is 0 Å². The van der Waals surface area contributed by atoms with Crippen LogP contribution in [-0.2, 0) is 4.74 Å². The highest BCUT2D eigenvalue weighted by molar-refractivity contribution is 9.10. The Morgan fingerprint density at radius 3 is 2.56 bits per heavy atom. The molecule has 1 heterocycles. The van der Waals surface area contributed by atoms with Gasteiger partial charge in [-0.05, 0) is 55.3 Å². The molecule has 0 atom stereocenters. The third-order valence-electron chi connectivity index (χ3n) is 1.80. The topological polar surface area (TPSA) is 31.4 Å². The van der Waals surface area contributed by atoms with Crippen molar-refractivity contribution in [2.75, 3.05) is 13.2 Å². The zero-order chi connectivity index (χ0) is 12.2. The lowest BCUT2D eigenvalue weighted by atomic mass is 10.2. The summed E-state index contributed by atoms with van der Waals surface area (Å²) in [4.78, 5) is 4.19. The third-order valence-corrected chi connectivity index (χ3v) is 2.37. The van der Waals surface area contributed by atoms with Gasteiger partial charge in [-0.2, -0.15) is 0 Å². The van der Waals surface area contributed by atoms with Crippen molar-refractivity contribution in [1.82, 2.24) is 4.98 Å². The van der Waals surface area contributed by atoms with Crippen molar-refractivity contribution in [3.63, 3.8) is 0 Å². The van der Waals surface area contributed by atoms with Gasteiger partial charge >= 0.3 is 0 Å². The Bertz CT molecular complexity index is 347. The number of hydrogen-bond donors (Lipinski definition) is 0. The number of hydrogen-bond acceptors (Lipinski definition) is 3. The predicted molar refractivity (Wildman–Crippen MR) is 67.9 cm³/mol. The van der Waals surface area contributed by atoms with Crippen LogP contribution in [0.2, 0.25) is 0 Å². The molecule has 0 aliphatic rings. The van der Waals surface area contributed by atoms with Gasteiger partial charge in [0.25, 0.3) is 0 Å². The van der Waals surface area contributed by atoms with Crippen LogP contribution in [-0.4, -0.2) is 23.8 Å². The number of rotatable bonds is 4. The van der Waals surface area contributed by atoms with Crippen LogP contribution < -0.4 is 4.74 Å². The molecule has 16 heavy (non-hydrogen) atoms. The molecule has 1 aromatic heterocycles. The van der Waals surface area contributed by atoms with Gasteiger partial charge in [-0.1, -0.05) is 0 Å². The largest absolute Gasteiger partial charge is 0.474 e. The van der Waals surface area contributed by atoms with Crippen LogP contribution >= 0.6 is 15.9 Å². The Morgan fingerprint density at radius 1 is 1.31 bits per heavy atom. The fraction of sp³-hybridized carbons (Fsp3) is 0.583. The first-order chi connectivity index (χ1) is 7.38. The summed E-state index contributed by atoms with van der Waals surface area (Å²) >= 11 is 3.41. The van der Waals surface area contributed by atoms with Crippen LogP contribution in [0, 0.1) is 6.92 Å². The normalized spacial score (nSPS) is 11.6. The van der Waals surface area contributed by atoms with Crippen LogP contribution in [0.15, 0.2) is 16.7 Å². The Morgan fingerprint density at radius 2 is 2.00 bits per heavy atom. The second-order valence-corrected chi connectivity index (χ2v) is 5.46. The molecule has 0 aromatic carbocycles. The highest BCUT2D eigenvalue weighted by Gasteiger charge is 2.10. The second-order valence-electron chi connectivity index (χ2n) is 4.61. The maximum atomic E-state index is 5.55. The molecule has 0 aliphatic carbocycles. The number of pyridine rings is 1. The van der Waals surface area contributed by atoms with Crippen LogP contribution in [0.25, 0.3) is 0 Å². The van der Waals surface area contributed by atoms with Gasteiger partial charge in [-0.15, -0.1) is 0 Å². The maximum Gasteiger partial charge on any atom is 0.228 e. The van der Waals surface area contributed by atoms with E-state index in [1.807, 2.05) is 33.8 Å². The highest BCUT2D eigenvalue weighted by atomic mass is 79.9. The fourth-order valence-electron chi connectivity index (χ4n) is 1.11. The minimum absolute atomic E-state index is 0.124. The second kappa shape index (κ2) is 5.64. The third kappa shape index (κ3) is 4.94. The molecule has 0 fully saturated rings. The first-order valence-electron chi connectivity index (χ1n) is 5.27. The zero-order valence-electron chi connectivity index (χ0n) is 10.2. The van der Waals surface area contributed by atoms with Gasteiger partial charge in [0.05, 0.1) is 16.7 Å². The van der Waals surface area contributed by atoms with E-state index >= 15 is 0 Å². The molecular formula is C12H18BrNO2. The summed E-state index contributed by atoms with van der Waals surface area (Å²) in [5, 5.41) is 0. The van der Waals surface area contributed by atoms with Crippen LogP contribution in [0.1, 0.15) is 26.3 Å². The van der Waals surface area contributed by atoms with Gasteiger partial charge in [0.15, 0.2) is 0 Å². The fourth-order valence-corrected chi connectivity index (χ4v) is 1.69. The van der Waals surface area contributed by atoms with Gasteiger partial charge < -0.3 is 9.47 Å². The first kappa shape index (κ1) is 13.5. The monoisotopic (exact) mass is 287 g/mol. The van der Waals surface area contributed by atoms with E-state index < -0.39 is 0 Å². The van der Waals surface area contributed by atoms with E-state index in [0.717, 1.165) is 10.0 Å². The van der Waals surface area contributed by atoms with E-state index in [2.05, 4.69) is 20.9 Å². The van der Waals surface area contributed by atoms with E-state index in [1.54, 1.807) is 6.20 Å². The Balaban J connectivity index is 2.38. The maximum absolute atomic E-state index is 5.55. The molecule has 0 unspecified atom stereocenters. The number of halogens is 1. The van der Waals surface area contributed by atoms with Crippen LogP contribution in [0.5, 0.6) is 5.88 Å². The van der Waals surface area contributed by atoms with Crippen molar-refractivity contribution in [3.8, 4) is 5.88 Å². The molecule has 3 nitrogen and oxygen atoms in total. The molecule has 1 aromatic rings. The van der Waals surface area contributed by atoms with Crippen LogP contribution in [0.4, 0.5) is 0 Å². The van der Waals surface area contributed by atoms with Gasteiger partial charge in [0.1, 0.15) is 6.61 Å².